The number of fused-ring (bicyclic) bond motifs is 17. The summed E-state index contributed by atoms with van der Waals surface area (Å²) in [6, 6.07) is 16.0. The standard InChI is InChI=1S/C38H36F3N5O7S/c39-38(40,41)25-12-8-23(9-13-25)20-28-34(49)45-29(19-22-5-2-1-3-6-22)36(51)46-33(37(52)53)24-10-14-26(15-11-24)42-31(47)16-17-32(48)43-30(35(50)44-28)21-27-7-4-18-54-27/h1-15,18,28-30,33H,16-17,19-21H2,(H,42,47)(H,43,48)(H,44,50)(H,45,49)(H,46,51)(H,52,53)/t28-,29+,30+,33?/m0/s1. The first-order valence-electron chi connectivity index (χ1n) is 16.8. The summed E-state index contributed by atoms with van der Waals surface area (Å²) in [5, 5.41) is 24.8. The van der Waals surface area contributed by atoms with Gasteiger partial charge < -0.3 is 31.7 Å². The molecule has 3 heterocycles. The van der Waals surface area contributed by atoms with Gasteiger partial charge in [-0.05, 0) is 52.4 Å². The molecule has 12 nitrogen and oxygen atoms in total. The second-order valence-corrected chi connectivity index (χ2v) is 13.6. The topological polar surface area (TPSA) is 183 Å². The highest BCUT2D eigenvalue weighted by Crippen LogP contribution is 2.29. The molecule has 4 atom stereocenters. The van der Waals surface area contributed by atoms with Gasteiger partial charge >= 0.3 is 12.1 Å². The molecule has 5 amide bonds. The van der Waals surface area contributed by atoms with Crippen LogP contribution in [0, 0.1) is 0 Å². The van der Waals surface area contributed by atoms with E-state index < -0.39 is 71.4 Å². The smallest absolute Gasteiger partial charge is 0.416 e. The van der Waals surface area contributed by atoms with Gasteiger partial charge in [0, 0.05) is 42.7 Å². The number of hydrogen-bond acceptors (Lipinski definition) is 7. The maximum Gasteiger partial charge on any atom is 0.416 e. The van der Waals surface area contributed by atoms with E-state index in [2.05, 4.69) is 26.6 Å². The fourth-order valence-electron chi connectivity index (χ4n) is 5.72. The molecule has 6 N–H and O–H groups in total. The second kappa shape index (κ2) is 17.7. The fourth-order valence-corrected chi connectivity index (χ4v) is 6.48. The third-order valence-electron chi connectivity index (χ3n) is 8.55. The molecule has 2 aliphatic heterocycles. The number of thiophene rings is 1. The lowest BCUT2D eigenvalue weighted by molar-refractivity contribution is -0.142. The monoisotopic (exact) mass is 763 g/mol. The van der Waals surface area contributed by atoms with Crippen molar-refractivity contribution in [2.75, 3.05) is 5.32 Å². The zero-order chi connectivity index (χ0) is 38.8. The number of carbonyl (C=O) groups is 6. The van der Waals surface area contributed by atoms with Crippen LogP contribution in [0.15, 0.2) is 96.4 Å². The number of carboxylic acids is 1. The van der Waals surface area contributed by atoms with Gasteiger partial charge in [-0.15, -0.1) is 11.3 Å². The van der Waals surface area contributed by atoms with E-state index >= 15 is 0 Å². The van der Waals surface area contributed by atoms with Crippen molar-refractivity contribution in [3.63, 3.8) is 0 Å². The van der Waals surface area contributed by atoms with E-state index in [4.69, 9.17) is 0 Å². The van der Waals surface area contributed by atoms with Gasteiger partial charge in [0.1, 0.15) is 18.1 Å². The Morgan fingerprint density at radius 2 is 1.20 bits per heavy atom. The van der Waals surface area contributed by atoms with Crippen LogP contribution >= 0.6 is 11.3 Å². The van der Waals surface area contributed by atoms with Crippen LogP contribution in [0.5, 0.6) is 0 Å². The number of amides is 5. The molecule has 2 aliphatic rings. The molecule has 2 bridgehead atoms. The second-order valence-electron chi connectivity index (χ2n) is 12.6. The average molecular weight is 764 g/mol. The number of carbonyl (C=O) groups excluding carboxylic acids is 5. The van der Waals surface area contributed by atoms with Crippen LogP contribution in [0.3, 0.4) is 0 Å². The summed E-state index contributed by atoms with van der Waals surface area (Å²) in [4.78, 5) is 80.7. The first-order valence-corrected chi connectivity index (χ1v) is 17.7. The Bertz CT molecular complexity index is 1960. The Labute approximate surface area is 311 Å². The zero-order valence-corrected chi connectivity index (χ0v) is 29.3. The molecule has 4 aromatic rings. The van der Waals surface area contributed by atoms with Crippen molar-refractivity contribution in [1.29, 1.82) is 0 Å². The molecular formula is C38H36F3N5O7S. The third kappa shape index (κ3) is 11.0. The number of hydrogen-bond donors (Lipinski definition) is 6. The molecule has 0 fully saturated rings. The number of carboxylic acid groups (broad SMARTS) is 1. The van der Waals surface area contributed by atoms with E-state index in [0.717, 1.165) is 24.3 Å². The highest BCUT2D eigenvalue weighted by Gasteiger charge is 2.34. The molecular weight excluding hydrogens is 728 g/mol. The molecule has 6 rings (SSSR count). The van der Waals surface area contributed by atoms with E-state index in [1.165, 1.54) is 35.6 Å². The normalized spacial score (nSPS) is 20.5. The molecule has 0 aliphatic carbocycles. The maximum absolute atomic E-state index is 14.1. The van der Waals surface area contributed by atoms with Crippen molar-refractivity contribution in [2.24, 2.45) is 0 Å². The van der Waals surface area contributed by atoms with Crippen LogP contribution < -0.4 is 26.6 Å². The van der Waals surface area contributed by atoms with Crippen LogP contribution in [0.4, 0.5) is 18.9 Å². The minimum Gasteiger partial charge on any atom is -0.479 e. The highest BCUT2D eigenvalue weighted by molar-refractivity contribution is 7.09. The van der Waals surface area contributed by atoms with E-state index in [1.807, 2.05) is 0 Å². The maximum atomic E-state index is 14.1. The molecule has 0 saturated heterocycles. The predicted octanol–water partition coefficient (Wildman–Crippen LogP) is 3.92. The summed E-state index contributed by atoms with van der Waals surface area (Å²) in [6.45, 7) is 0. The van der Waals surface area contributed by atoms with Crippen LogP contribution in [0.1, 0.15) is 46.0 Å². The third-order valence-corrected chi connectivity index (χ3v) is 9.45. The van der Waals surface area contributed by atoms with Crippen molar-refractivity contribution >= 4 is 52.5 Å². The molecule has 0 radical (unpaired) electrons. The fraction of sp³-hybridized carbons (Fsp3) is 0.263. The summed E-state index contributed by atoms with van der Waals surface area (Å²) in [6.07, 6.45) is -5.60. The average Bonchev–Trinajstić information content (AvgIpc) is 3.65. The van der Waals surface area contributed by atoms with Crippen molar-refractivity contribution in [3.8, 4) is 0 Å². The summed E-state index contributed by atoms with van der Waals surface area (Å²) >= 11 is 1.32. The van der Waals surface area contributed by atoms with E-state index in [1.54, 1.807) is 47.8 Å². The molecule has 54 heavy (non-hydrogen) atoms. The van der Waals surface area contributed by atoms with E-state index in [9.17, 15) is 47.0 Å². The number of rotatable bonds is 7. The Balaban J connectivity index is 1.53. The van der Waals surface area contributed by atoms with Gasteiger partial charge in [-0.2, -0.15) is 13.2 Å². The quantitative estimate of drug-likeness (QED) is 0.154. The van der Waals surface area contributed by atoms with Gasteiger partial charge in [-0.3, -0.25) is 24.0 Å². The predicted molar refractivity (Wildman–Crippen MR) is 192 cm³/mol. The minimum atomic E-state index is -4.62. The van der Waals surface area contributed by atoms with Crippen molar-refractivity contribution in [3.05, 3.63) is 124 Å². The van der Waals surface area contributed by atoms with Gasteiger partial charge in [0.25, 0.3) is 0 Å². The lowest BCUT2D eigenvalue weighted by atomic mass is 10.00. The Kier molecular flexibility index (Phi) is 12.8. The minimum absolute atomic E-state index is 0.0119. The van der Waals surface area contributed by atoms with Crippen molar-refractivity contribution in [2.45, 2.75) is 62.4 Å². The molecule has 0 saturated carbocycles. The lowest BCUT2D eigenvalue weighted by Crippen LogP contribution is -2.58. The molecule has 0 spiro atoms. The molecule has 3 aromatic carbocycles. The van der Waals surface area contributed by atoms with E-state index in [-0.39, 0.29) is 43.2 Å². The van der Waals surface area contributed by atoms with Crippen LogP contribution in [-0.2, 0) is 54.2 Å². The lowest BCUT2D eigenvalue weighted by Gasteiger charge is -2.26. The van der Waals surface area contributed by atoms with Crippen LogP contribution in [0.2, 0.25) is 0 Å². The number of halogens is 3. The van der Waals surface area contributed by atoms with Gasteiger partial charge in [-0.1, -0.05) is 60.7 Å². The Morgan fingerprint density at radius 3 is 1.76 bits per heavy atom. The van der Waals surface area contributed by atoms with Gasteiger partial charge in [0.2, 0.25) is 29.5 Å². The van der Waals surface area contributed by atoms with Gasteiger partial charge in [0.05, 0.1) is 5.56 Å². The first kappa shape index (κ1) is 39.2. The molecule has 282 valence electrons. The highest BCUT2D eigenvalue weighted by atomic mass is 32.1. The number of alkyl halides is 3. The summed E-state index contributed by atoms with van der Waals surface area (Å²) in [5.74, 6) is -5.18. The van der Waals surface area contributed by atoms with Crippen LogP contribution in [0.25, 0.3) is 0 Å². The first-order chi connectivity index (χ1) is 25.7. The summed E-state index contributed by atoms with van der Waals surface area (Å²) in [7, 11) is 0. The van der Waals surface area contributed by atoms with Gasteiger partial charge in [0.15, 0.2) is 6.04 Å². The molecule has 1 aromatic heterocycles. The number of benzene rings is 3. The number of nitrogens with one attached hydrogen (secondary N) is 5. The summed E-state index contributed by atoms with van der Waals surface area (Å²) in [5.41, 5.74) is 0.363. The molecule has 16 heteroatoms. The Hall–Kier alpha value is -6.03. The number of anilines is 1. The zero-order valence-electron chi connectivity index (χ0n) is 28.5. The van der Waals surface area contributed by atoms with Gasteiger partial charge in [-0.25, -0.2) is 4.79 Å². The largest absolute Gasteiger partial charge is 0.479 e. The number of aliphatic carboxylic acids is 1. The molecule has 1 unspecified atom stereocenters. The van der Waals surface area contributed by atoms with Crippen molar-refractivity contribution in [1.82, 2.24) is 21.3 Å². The SMILES string of the molecule is O=C1CCC(=O)N[C@H](Cc2cccs2)C(=O)N[C@@H](Cc2ccc(C(F)(F)F)cc2)C(=O)N[C@H](Cc2ccccc2)C(=O)NC(C(=O)O)c2ccc(cc2)N1. The summed E-state index contributed by atoms with van der Waals surface area (Å²) < 4.78 is 40.0. The van der Waals surface area contributed by atoms with E-state index in [0.29, 0.717) is 16.1 Å². The van der Waals surface area contributed by atoms with Crippen LogP contribution in [-0.4, -0.2) is 58.7 Å². The van der Waals surface area contributed by atoms with Crippen molar-refractivity contribution < 1.29 is 47.0 Å². The Morgan fingerprint density at radius 1 is 0.648 bits per heavy atom.